The predicted molar refractivity (Wildman–Crippen MR) is 57.7 cm³/mol. The highest BCUT2D eigenvalue weighted by atomic mass is 79.9. The molecule has 7 heteroatoms. The van der Waals surface area contributed by atoms with Crippen molar-refractivity contribution in [3.05, 3.63) is 28.4 Å². The summed E-state index contributed by atoms with van der Waals surface area (Å²) in [5.74, 6) is -0.0438. The summed E-state index contributed by atoms with van der Waals surface area (Å²) in [6, 6.07) is 0. The Labute approximate surface area is 103 Å². The molecule has 0 saturated heterocycles. The third-order valence-electron chi connectivity index (χ3n) is 2.76. The van der Waals surface area contributed by atoms with Gasteiger partial charge in [0.05, 0.1) is 10.2 Å². The van der Waals surface area contributed by atoms with Gasteiger partial charge in [0, 0.05) is 12.1 Å². The molecule has 3 rings (SSSR count). The molecule has 1 aliphatic carbocycles. The molecule has 2 aromatic heterocycles. The molecule has 2 heterocycles. The Morgan fingerprint density at radius 2 is 2.06 bits per heavy atom. The molecule has 3 nitrogen and oxygen atoms in total. The average Bonchev–Trinajstić information content (AvgIpc) is 2.98. The molecule has 1 saturated carbocycles. The minimum atomic E-state index is -4.41. The molecule has 0 atom stereocenters. The van der Waals surface area contributed by atoms with Gasteiger partial charge < -0.3 is 0 Å². The summed E-state index contributed by atoms with van der Waals surface area (Å²) >= 11 is 3.17. The van der Waals surface area contributed by atoms with Crippen LogP contribution in [0.1, 0.15) is 30.1 Å². The van der Waals surface area contributed by atoms with Gasteiger partial charge in [-0.25, -0.2) is 9.97 Å². The monoisotopic (exact) mass is 305 g/mol. The van der Waals surface area contributed by atoms with Gasteiger partial charge in [-0.05, 0) is 28.8 Å². The molecule has 0 unspecified atom stereocenters. The van der Waals surface area contributed by atoms with Crippen LogP contribution in [-0.2, 0) is 6.18 Å². The molecule has 0 bridgehead atoms. The van der Waals surface area contributed by atoms with E-state index in [9.17, 15) is 13.2 Å². The van der Waals surface area contributed by atoms with Gasteiger partial charge in [-0.15, -0.1) is 0 Å². The normalized spacial score (nSPS) is 16.7. The molecule has 90 valence electrons. The Morgan fingerprint density at radius 1 is 1.35 bits per heavy atom. The van der Waals surface area contributed by atoms with Gasteiger partial charge in [0.15, 0.2) is 11.3 Å². The number of aromatic nitrogens is 3. The second-order valence-corrected chi connectivity index (χ2v) is 4.91. The number of fused-ring (bicyclic) bond motifs is 1. The smallest absolute Gasteiger partial charge is 0.286 e. The summed E-state index contributed by atoms with van der Waals surface area (Å²) < 4.78 is 40.6. The van der Waals surface area contributed by atoms with E-state index in [1.807, 2.05) is 0 Å². The van der Waals surface area contributed by atoms with Crippen LogP contribution in [0.25, 0.3) is 5.65 Å². The van der Waals surface area contributed by atoms with Crippen LogP contribution < -0.4 is 0 Å². The molecule has 0 aliphatic heterocycles. The van der Waals surface area contributed by atoms with Crippen molar-refractivity contribution in [1.82, 2.24) is 14.4 Å². The lowest BCUT2D eigenvalue weighted by Crippen LogP contribution is -2.09. The lowest BCUT2D eigenvalue weighted by atomic mass is 10.2. The Balaban J connectivity index is 2.34. The first-order valence-electron chi connectivity index (χ1n) is 5.07. The van der Waals surface area contributed by atoms with Crippen LogP contribution in [0.5, 0.6) is 0 Å². The lowest BCUT2D eigenvalue weighted by molar-refractivity contribution is -0.141. The van der Waals surface area contributed by atoms with Crippen LogP contribution in [0, 0.1) is 0 Å². The molecule has 0 aromatic carbocycles. The summed E-state index contributed by atoms with van der Waals surface area (Å²) in [7, 11) is 0. The zero-order chi connectivity index (χ0) is 12.2. The molecule has 17 heavy (non-hydrogen) atoms. The van der Waals surface area contributed by atoms with E-state index in [0.29, 0.717) is 4.47 Å². The van der Waals surface area contributed by atoms with E-state index in [-0.39, 0.29) is 17.3 Å². The molecule has 0 radical (unpaired) electrons. The van der Waals surface area contributed by atoms with Gasteiger partial charge in [-0.2, -0.15) is 13.2 Å². The number of imidazole rings is 1. The molecular weight excluding hydrogens is 299 g/mol. The fraction of sp³-hybridized carbons (Fsp3) is 0.400. The van der Waals surface area contributed by atoms with E-state index >= 15 is 0 Å². The van der Waals surface area contributed by atoms with E-state index in [4.69, 9.17) is 0 Å². The van der Waals surface area contributed by atoms with Crippen molar-refractivity contribution < 1.29 is 13.2 Å². The van der Waals surface area contributed by atoms with Gasteiger partial charge in [0.25, 0.3) is 0 Å². The molecule has 1 aliphatic rings. The fourth-order valence-electron chi connectivity index (χ4n) is 1.91. The predicted octanol–water partition coefficient (Wildman–Crippen LogP) is 3.39. The number of rotatable bonds is 1. The van der Waals surface area contributed by atoms with Crippen molar-refractivity contribution in [3.8, 4) is 0 Å². The highest BCUT2D eigenvalue weighted by Crippen LogP contribution is 2.46. The van der Waals surface area contributed by atoms with E-state index in [0.717, 1.165) is 12.8 Å². The van der Waals surface area contributed by atoms with Gasteiger partial charge >= 0.3 is 6.18 Å². The third kappa shape index (κ3) is 1.72. The molecular formula is C10H7BrF3N3. The first-order valence-corrected chi connectivity index (χ1v) is 5.86. The largest absolute Gasteiger partial charge is 0.435 e. The molecule has 0 N–H and O–H groups in total. The Hall–Kier alpha value is -1.11. The number of halogens is 4. The van der Waals surface area contributed by atoms with Crippen LogP contribution in [-0.4, -0.2) is 14.4 Å². The molecule has 2 aromatic rings. The highest BCUT2D eigenvalue weighted by Gasteiger charge is 2.42. The standard InChI is InChI=1S/C10H7BrF3N3/c11-6-3-15-4-17-7(5-1-2-5)8(10(12,13)14)16-9(6)17/h3-5H,1-2H2. The number of alkyl halides is 3. The first kappa shape index (κ1) is 11.0. The Kier molecular flexibility index (Phi) is 2.23. The van der Waals surface area contributed by atoms with E-state index in [1.54, 1.807) is 0 Å². The van der Waals surface area contributed by atoms with Crippen LogP contribution >= 0.6 is 15.9 Å². The fourth-order valence-corrected chi connectivity index (χ4v) is 2.31. The number of nitrogens with zero attached hydrogens (tertiary/aromatic N) is 3. The maximum absolute atomic E-state index is 12.9. The molecule has 0 amide bonds. The summed E-state index contributed by atoms with van der Waals surface area (Å²) in [5, 5.41) is 0. The van der Waals surface area contributed by atoms with Gasteiger partial charge in [0.1, 0.15) is 6.33 Å². The average molecular weight is 306 g/mol. The van der Waals surface area contributed by atoms with Crippen LogP contribution in [0.3, 0.4) is 0 Å². The van der Waals surface area contributed by atoms with Gasteiger partial charge in [-0.3, -0.25) is 4.40 Å². The minimum absolute atomic E-state index is 0.0438. The number of hydrogen-bond donors (Lipinski definition) is 0. The zero-order valence-corrected chi connectivity index (χ0v) is 10.1. The zero-order valence-electron chi connectivity index (χ0n) is 8.50. The summed E-state index contributed by atoms with van der Waals surface area (Å²) in [4.78, 5) is 7.58. The van der Waals surface area contributed by atoms with Crippen molar-refractivity contribution in [1.29, 1.82) is 0 Å². The second-order valence-electron chi connectivity index (χ2n) is 4.05. The van der Waals surface area contributed by atoms with E-state index in [2.05, 4.69) is 25.9 Å². The van der Waals surface area contributed by atoms with Crippen molar-refractivity contribution in [3.63, 3.8) is 0 Å². The van der Waals surface area contributed by atoms with Crippen LogP contribution in [0.2, 0.25) is 0 Å². The Morgan fingerprint density at radius 3 is 2.65 bits per heavy atom. The maximum Gasteiger partial charge on any atom is 0.435 e. The van der Waals surface area contributed by atoms with Gasteiger partial charge in [0.2, 0.25) is 0 Å². The maximum atomic E-state index is 12.9. The van der Waals surface area contributed by atoms with Crippen molar-refractivity contribution in [2.24, 2.45) is 0 Å². The number of hydrogen-bond acceptors (Lipinski definition) is 2. The molecule has 1 fully saturated rings. The second kappa shape index (κ2) is 3.44. The van der Waals surface area contributed by atoms with Crippen LogP contribution in [0.4, 0.5) is 13.2 Å². The summed E-state index contributed by atoms with van der Waals surface area (Å²) in [5.41, 5.74) is -0.274. The quantitative estimate of drug-likeness (QED) is 0.808. The van der Waals surface area contributed by atoms with Crippen molar-refractivity contribution in [2.45, 2.75) is 24.9 Å². The minimum Gasteiger partial charge on any atom is -0.286 e. The van der Waals surface area contributed by atoms with Crippen LogP contribution in [0.15, 0.2) is 17.0 Å². The van der Waals surface area contributed by atoms with E-state index in [1.165, 1.54) is 16.9 Å². The SMILES string of the molecule is FC(F)(F)c1nc2c(Br)cncn2c1C1CC1. The van der Waals surface area contributed by atoms with Crippen molar-refractivity contribution in [2.75, 3.05) is 0 Å². The lowest BCUT2D eigenvalue weighted by Gasteiger charge is -2.05. The topological polar surface area (TPSA) is 30.2 Å². The summed E-state index contributed by atoms with van der Waals surface area (Å²) in [6.07, 6.45) is -0.0225. The molecule has 0 spiro atoms. The van der Waals surface area contributed by atoms with Crippen molar-refractivity contribution >= 4 is 21.6 Å². The van der Waals surface area contributed by atoms with Gasteiger partial charge in [-0.1, -0.05) is 0 Å². The highest BCUT2D eigenvalue weighted by molar-refractivity contribution is 9.10. The Bertz CT molecular complexity index is 586. The first-order chi connectivity index (χ1) is 7.98. The van der Waals surface area contributed by atoms with E-state index < -0.39 is 11.9 Å². The third-order valence-corrected chi connectivity index (χ3v) is 3.32. The summed E-state index contributed by atoms with van der Waals surface area (Å²) in [6.45, 7) is 0.